The second kappa shape index (κ2) is 9.20. The van der Waals surface area contributed by atoms with E-state index in [0.29, 0.717) is 12.2 Å². The number of carbonyl (C=O) groups is 1. The van der Waals surface area contributed by atoms with Crippen molar-refractivity contribution in [1.29, 1.82) is 0 Å². The SMILES string of the molecule is O=C(CN(c1ccc(I)cc1)S(=O)(=O)c1ccccc1)NCc1ccccc1. The highest BCUT2D eigenvalue weighted by atomic mass is 127. The van der Waals surface area contributed by atoms with E-state index in [1.807, 2.05) is 42.5 Å². The molecule has 0 heterocycles. The third-order valence-corrected chi connectivity index (χ3v) is 6.57. The number of nitrogens with one attached hydrogen (secondary N) is 1. The van der Waals surface area contributed by atoms with Gasteiger partial charge in [0.25, 0.3) is 10.0 Å². The summed E-state index contributed by atoms with van der Waals surface area (Å²) in [5, 5.41) is 2.79. The minimum Gasteiger partial charge on any atom is -0.350 e. The Kier molecular flexibility index (Phi) is 6.69. The van der Waals surface area contributed by atoms with Gasteiger partial charge >= 0.3 is 0 Å². The van der Waals surface area contributed by atoms with Crippen LogP contribution in [-0.4, -0.2) is 20.9 Å². The lowest BCUT2D eigenvalue weighted by atomic mass is 10.2. The molecule has 0 unspecified atom stereocenters. The van der Waals surface area contributed by atoms with Gasteiger partial charge in [0.15, 0.2) is 0 Å². The molecule has 28 heavy (non-hydrogen) atoms. The van der Waals surface area contributed by atoms with E-state index in [1.54, 1.807) is 30.3 Å². The van der Waals surface area contributed by atoms with Crippen LogP contribution in [-0.2, 0) is 21.4 Å². The zero-order valence-corrected chi connectivity index (χ0v) is 17.9. The quantitative estimate of drug-likeness (QED) is 0.496. The highest BCUT2D eigenvalue weighted by Crippen LogP contribution is 2.24. The van der Waals surface area contributed by atoms with E-state index in [0.717, 1.165) is 13.4 Å². The summed E-state index contributed by atoms with van der Waals surface area (Å²) in [5.74, 6) is -0.373. The van der Waals surface area contributed by atoms with Gasteiger partial charge in [0, 0.05) is 10.1 Å². The highest BCUT2D eigenvalue weighted by molar-refractivity contribution is 14.1. The summed E-state index contributed by atoms with van der Waals surface area (Å²) in [6, 6.07) is 24.6. The molecule has 0 bridgehead atoms. The summed E-state index contributed by atoms with van der Waals surface area (Å²) >= 11 is 2.15. The minimum absolute atomic E-state index is 0.143. The number of nitrogens with zero attached hydrogens (tertiary/aromatic N) is 1. The maximum Gasteiger partial charge on any atom is 0.264 e. The molecule has 5 nitrogen and oxygen atoms in total. The monoisotopic (exact) mass is 506 g/mol. The maximum absolute atomic E-state index is 13.2. The Morgan fingerprint density at radius 3 is 2.04 bits per heavy atom. The first kappa shape index (κ1) is 20.3. The van der Waals surface area contributed by atoms with Crippen LogP contribution in [0.25, 0.3) is 0 Å². The van der Waals surface area contributed by atoms with E-state index in [-0.39, 0.29) is 17.3 Å². The van der Waals surface area contributed by atoms with Gasteiger partial charge in [-0.2, -0.15) is 0 Å². The number of sulfonamides is 1. The van der Waals surface area contributed by atoms with E-state index in [2.05, 4.69) is 27.9 Å². The Balaban J connectivity index is 1.84. The number of rotatable bonds is 7. The summed E-state index contributed by atoms with van der Waals surface area (Å²) in [4.78, 5) is 12.7. The molecule has 3 rings (SSSR count). The van der Waals surface area contributed by atoms with Crippen molar-refractivity contribution in [2.75, 3.05) is 10.8 Å². The molecule has 144 valence electrons. The predicted octanol–water partition coefficient (Wildman–Crippen LogP) is 3.80. The molecule has 0 aliphatic heterocycles. The fourth-order valence-electron chi connectivity index (χ4n) is 2.62. The first-order chi connectivity index (χ1) is 13.5. The van der Waals surface area contributed by atoms with Gasteiger partial charge in [-0.25, -0.2) is 8.42 Å². The number of amides is 1. The third-order valence-electron chi connectivity index (χ3n) is 4.07. The van der Waals surface area contributed by atoms with Crippen LogP contribution in [0.3, 0.4) is 0 Å². The molecule has 3 aromatic rings. The molecular weight excluding hydrogens is 487 g/mol. The summed E-state index contributed by atoms with van der Waals surface area (Å²) in [6.45, 7) is 0.0379. The molecule has 0 aliphatic rings. The van der Waals surface area contributed by atoms with Crippen LogP contribution in [0, 0.1) is 3.57 Å². The third kappa shape index (κ3) is 5.11. The van der Waals surface area contributed by atoms with Gasteiger partial charge in [-0.3, -0.25) is 9.10 Å². The van der Waals surface area contributed by atoms with Crippen molar-refractivity contribution in [3.05, 3.63) is 94.1 Å². The summed E-state index contributed by atoms with van der Waals surface area (Å²) in [6.07, 6.45) is 0. The Morgan fingerprint density at radius 1 is 0.857 bits per heavy atom. The van der Waals surface area contributed by atoms with Crippen molar-refractivity contribution >= 4 is 44.2 Å². The molecule has 1 N–H and O–H groups in total. The fourth-order valence-corrected chi connectivity index (χ4v) is 4.43. The van der Waals surface area contributed by atoms with Crippen molar-refractivity contribution in [3.63, 3.8) is 0 Å². The summed E-state index contributed by atoms with van der Waals surface area (Å²) < 4.78 is 28.5. The predicted molar refractivity (Wildman–Crippen MR) is 118 cm³/mol. The zero-order valence-electron chi connectivity index (χ0n) is 15.0. The summed E-state index contributed by atoms with van der Waals surface area (Å²) in [7, 11) is -3.87. The van der Waals surface area contributed by atoms with Crippen LogP contribution in [0.5, 0.6) is 0 Å². The van der Waals surface area contributed by atoms with E-state index < -0.39 is 10.0 Å². The Bertz CT molecular complexity index is 1020. The molecule has 0 saturated carbocycles. The van der Waals surface area contributed by atoms with E-state index >= 15 is 0 Å². The van der Waals surface area contributed by atoms with Gasteiger partial charge in [0.05, 0.1) is 10.6 Å². The minimum atomic E-state index is -3.87. The lowest BCUT2D eigenvalue weighted by molar-refractivity contribution is -0.119. The van der Waals surface area contributed by atoms with Crippen molar-refractivity contribution < 1.29 is 13.2 Å². The normalized spacial score (nSPS) is 11.0. The molecule has 0 atom stereocenters. The van der Waals surface area contributed by atoms with Crippen LogP contribution >= 0.6 is 22.6 Å². The van der Waals surface area contributed by atoms with Crippen molar-refractivity contribution in [1.82, 2.24) is 5.32 Å². The number of hydrogen-bond donors (Lipinski definition) is 1. The standard InChI is InChI=1S/C21H19IN2O3S/c22-18-11-13-19(14-12-18)24(28(26,27)20-9-5-2-6-10-20)16-21(25)23-15-17-7-3-1-4-8-17/h1-14H,15-16H2,(H,23,25). The second-order valence-corrected chi connectivity index (χ2v) is 9.17. The zero-order chi connectivity index (χ0) is 20.0. The van der Waals surface area contributed by atoms with E-state index in [4.69, 9.17) is 0 Å². The Hall–Kier alpha value is -2.39. The topological polar surface area (TPSA) is 66.5 Å². The first-order valence-electron chi connectivity index (χ1n) is 8.61. The largest absolute Gasteiger partial charge is 0.350 e. The van der Waals surface area contributed by atoms with Crippen LogP contribution in [0.1, 0.15) is 5.56 Å². The first-order valence-corrected chi connectivity index (χ1v) is 11.1. The lowest BCUT2D eigenvalue weighted by Crippen LogP contribution is -2.40. The van der Waals surface area contributed by atoms with E-state index in [9.17, 15) is 13.2 Å². The molecule has 1 amide bonds. The van der Waals surface area contributed by atoms with Gasteiger partial charge in [0.2, 0.25) is 5.91 Å². The van der Waals surface area contributed by atoms with Gasteiger partial charge < -0.3 is 5.32 Å². The lowest BCUT2D eigenvalue weighted by Gasteiger charge is -2.24. The molecule has 0 aromatic heterocycles. The fraction of sp³-hybridized carbons (Fsp3) is 0.0952. The average molecular weight is 506 g/mol. The number of halogens is 1. The average Bonchev–Trinajstić information content (AvgIpc) is 2.72. The van der Waals surface area contributed by atoms with Gasteiger partial charge in [-0.05, 0) is 64.6 Å². The maximum atomic E-state index is 13.2. The molecular formula is C21H19IN2O3S. The molecule has 0 fully saturated rings. The van der Waals surface area contributed by atoms with Crippen LogP contribution in [0.15, 0.2) is 89.8 Å². The Labute approximate surface area is 178 Å². The molecule has 0 saturated heterocycles. The van der Waals surface area contributed by atoms with Crippen molar-refractivity contribution in [2.45, 2.75) is 11.4 Å². The molecule has 0 radical (unpaired) electrons. The summed E-state index contributed by atoms with van der Waals surface area (Å²) in [5.41, 5.74) is 1.39. The number of anilines is 1. The number of hydrogen-bond acceptors (Lipinski definition) is 3. The van der Waals surface area contributed by atoms with Crippen LogP contribution < -0.4 is 9.62 Å². The molecule has 7 heteroatoms. The van der Waals surface area contributed by atoms with Gasteiger partial charge in [0.1, 0.15) is 6.54 Å². The van der Waals surface area contributed by atoms with Crippen molar-refractivity contribution in [2.24, 2.45) is 0 Å². The Morgan fingerprint density at radius 2 is 1.43 bits per heavy atom. The number of carbonyl (C=O) groups excluding carboxylic acids is 1. The number of benzene rings is 3. The molecule has 3 aromatic carbocycles. The van der Waals surface area contributed by atoms with Crippen molar-refractivity contribution in [3.8, 4) is 0 Å². The highest BCUT2D eigenvalue weighted by Gasteiger charge is 2.26. The smallest absolute Gasteiger partial charge is 0.264 e. The van der Waals surface area contributed by atoms with Gasteiger partial charge in [-0.15, -0.1) is 0 Å². The van der Waals surface area contributed by atoms with Gasteiger partial charge in [-0.1, -0.05) is 48.5 Å². The molecule has 0 aliphatic carbocycles. The van der Waals surface area contributed by atoms with E-state index in [1.165, 1.54) is 12.1 Å². The van der Waals surface area contributed by atoms with Crippen LogP contribution in [0.4, 0.5) is 5.69 Å². The second-order valence-electron chi connectivity index (χ2n) is 6.06. The molecule has 0 spiro atoms. The van der Waals surface area contributed by atoms with Crippen LogP contribution in [0.2, 0.25) is 0 Å².